The topological polar surface area (TPSA) is 61.4 Å². The summed E-state index contributed by atoms with van der Waals surface area (Å²) in [6, 6.07) is 0.141. The summed E-state index contributed by atoms with van der Waals surface area (Å²) in [6.45, 7) is 6.97. The molecule has 90 valence electrons. The maximum Gasteiger partial charge on any atom is 0.221 e. The molecule has 0 aliphatic carbocycles. The van der Waals surface area contributed by atoms with E-state index in [4.69, 9.17) is 0 Å². The summed E-state index contributed by atoms with van der Waals surface area (Å²) in [7, 11) is 1.64. The minimum Gasteiger partial charge on any atom is -0.396 e. The lowest BCUT2D eigenvalue weighted by atomic mass is 9.88. The first-order valence-electron chi connectivity index (χ1n) is 5.52. The van der Waals surface area contributed by atoms with E-state index in [-0.39, 0.29) is 24.0 Å². The molecule has 4 nitrogen and oxygen atoms in total. The van der Waals surface area contributed by atoms with Gasteiger partial charge in [0.25, 0.3) is 0 Å². The number of hydrogen-bond acceptors (Lipinski definition) is 3. The summed E-state index contributed by atoms with van der Waals surface area (Å²) < 4.78 is 0. The Morgan fingerprint density at radius 1 is 1.53 bits per heavy atom. The van der Waals surface area contributed by atoms with Gasteiger partial charge in [0.05, 0.1) is 0 Å². The van der Waals surface area contributed by atoms with Crippen molar-refractivity contribution in [2.24, 2.45) is 5.41 Å². The Kier molecular flexibility index (Phi) is 6.52. The van der Waals surface area contributed by atoms with Crippen molar-refractivity contribution in [1.29, 1.82) is 0 Å². The van der Waals surface area contributed by atoms with Crippen LogP contribution in [0.5, 0.6) is 0 Å². The molecule has 0 aliphatic rings. The fraction of sp³-hybridized carbons (Fsp3) is 0.909. The summed E-state index contributed by atoms with van der Waals surface area (Å²) in [6.07, 6.45) is 1.39. The van der Waals surface area contributed by atoms with Crippen molar-refractivity contribution >= 4 is 5.91 Å². The number of aliphatic hydroxyl groups is 1. The van der Waals surface area contributed by atoms with E-state index >= 15 is 0 Å². The van der Waals surface area contributed by atoms with Gasteiger partial charge in [-0.05, 0) is 13.3 Å². The second kappa shape index (κ2) is 6.80. The van der Waals surface area contributed by atoms with Crippen LogP contribution >= 0.6 is 0 Å². The molecule has 0 aliphatic heterocycles. The molecular weight excluding hydrogens is 192 g/mol. The summed E-state index contributed by atoms with van der Waals surface area (Å²) in [5, 5.41) is 15.1. The molecule has 0 fully saturated rings. The smallest absolute Gasteiger partial charge is 0.221 e. The molecule has 0 radical (unpaired) electrons. The first kappa shape index (κ1) is 14.4. The van der Waals surface area contributed by atoms with Gasteiger partial charge in [0.15, 0.2) is 0 Å². The van der Waals surface area contributed by atoms with Crippen LogP contribution in [0.1, 0.15) is 33.6 Å². The maximum absolute atomic E-state index is 11.1. The fourth-order valence-corrected chi connectivity index (χ4v) is 1.17. The molecule has 0 aromatic rings. The number of aliphatic hydroxyl groups excluding tert-OH is 1. The van der Waals surface area contributed by atoms with Crippen molar-refractivity contribution < 1.29 is 9.90 Å². The zero-order chi connectivity index (χ0) is 11.9. The minimum absolute atomic E-state index is 0.0391. The minimum atomic E-state index is -0.0864. The second-order valence-corrected chi connectivity index (χ2v) is 4.48. The van der Waals surface area contributed by atoms with Crippen LogP contribution in [0.15, 0.2) is 0 Å². The zero-order valence-corrected chi connectivity index (χ0v) is 10.3. The van der Waals surface area contributed by atoms with Crippen molar-refractivity contribution in [2.75, 3.05) is 20.2 Å². The molecule has 2 unspecified atom stereocenters. The molecule has 15 heavy (non-hydrogen) atoms. The van der Waals surface area contributed by atoms with Crippen molar-refractivity contribution in [3.63, 3.8) is 0 Å². The maximum atomic E-state index is 11.1. The van der Waals surface area contributed by atoms with Crippen molar-refractivity contribution in [2.45, 2.75) is 39.7 Å². The Hall–Kier alpha value is -0.610. The molecule has 4 heteroatoms. The lowest BCUT2D eigenvalue weighted by Crippen LogP contribution is -2.40. The quantitative estimate of drug-likeness (QED) is 0.581. The van der Waals surface area contributed by atoms with Crippen LogP contribution in [0.4, 0.5) is 0 Å². The Balaban J connectivity index is 3.88. The molecule has 1 amide bonds. The SMILES string of the molecule is CCC(C)(CO)CNC(C)CC(=O)NC. The lowest BCUT2D eigenvalue weighted by molar-refractivity contribution is -0.121. The van der Waals surface area contributed by atoms with Crippen LogP contribution in [-0.2, 0) is 4.79 Å². The summed E-state index contributed by atoms with van der Waals surface area (Å²) in [5.41, 5.74) is -0.0864. The van der Waals surface area contributed by atoms with Crippen LogP contribution in [0.25, 0.3) is 0 Å². The average molecular weight is 216 g/mol. The number of nitrogens with one attached hydrogen (secondary N) is 2. The first-order chi connectivity index (χ1) is 6.97. The highest BCUT2D eigenvalue weighted by Gasteiger charge is 2.21. The summed E-state index contributed by atoms with van der Waals surface area (Å²) >= 11 is 0. The molecule has 0 bridgehead atoms. The highest BCUT2D eigenvalue weighted by atomic mass is 16.3. The Morgan fingerprint density at radius 3 is 2.53 bits per heavy atom. The van der Waals surface area contributed by atoms with Gasteiger partial charge in [0.2, 0.25) is 5.91 Å². The van der Waals surface area contributed by atoms with Crippen molar-refractivity contribution in [3.8, 4) is 0 Å². The van der Waals surface area contributed by atoms with E-state index in [9.17, 15) is 9.90 Å². The number of hydrogen-bond donors (Lipinski definition) is 3. The van der Waals surface area contributed by atoms with Gasteiger partial charge in [-0.15, -0.1) is 0 Å². The average Bonchev–Trinajstić information content (AvgIpc) is 2.25. The normalized spacial score (nSPS) is 16.9. The molecule has 0 saturated carbocycles. The van der Waals surface area contributed by atoms with Crippen molar-refractivity contribution in [3.05, 3.63) is 0 Å². The highest BCUT2D eigenvalue weighted by molar-refractivity contribution is 5.76. The van der Waals surface area contributed by atoms with Gasteiger partial charge in [0.1, 0.15) is 0 Å². The predicted octanol–water partition coefficient (Wildman–Crippen LogP) is 0.509. The molecule has 0 aromatic carbocycles. The number of carbonyl (C=O) groups is 1. The molecule has 0 rings (SSSR count). The number of carbonyl (C=O) groups excluding carboxylic acids is 1. The standard InChI is InChI=1S/C11H24N2O2/c1-5-11(3,8-14)7-13-9(2)6-10(15)12-4/h9,13-14H,5-8H2,1-4H3,(H,12,15). The van der Waals surface area contributed by atoms with Crippen LogP contribution < -0.4 is 10.6 Å². The molecule has 0 spiro atoms. The van der Waals surface area contributed by atoms with Crippen LogP contribution in [0.3, 0.4) is 0 Å². The van der Waals surface area contributed by atoms with Gasteiger partial charge < -0.3 is 15.7 Å². The van der Waals surface area contributed by atoms with E-state index in [0.717, 1.165) is 13.0 Å². The largest absolute Gasteiger partial charge is 0.396 e. The number of amides is 1. The summed E-state index contributed by atoms with van der Waals surface area (Å²) in [4.78, 5) is 11.1. The fourth-order valence-electron chi connectivity index (χ4n) is 1.17. The lowest BCUT2D eigenvalue weighted by Gasteiger charge is -2.27. The van der Waals surface area contributed by atoms with E-state index < -0.39 is 0 Å². The first-order valence-corrected chi connectivity index (χ1v) is 5.52. The van der Waals surface area contributed by atoms with Gasteiger partial charge >= 0.3 is 0 Å². The summed E-state index contributed by atoms with van der Waals surface area (Å²) in [5.74, 6) is 0.0391. The van der Waals surface area contributed by atoms with Gasteiger partial charge in [-0.1, -0.05) is 13.8 Å². The molecule has 2 atom stereocenters. The van der Waals surface area contributed by atoms with E-state index in [1.165, 1.54) is 0 Å². The predicted molar refractivity (Wildman–Crippen MR) is 61.6 cm³/mol. The van der Waals surface area contributed by atoms with Gasteiger partial charge in [-0.3, -0.25) is 4.79 Å². The third kappa shape index (κ3) is 5.74. The third-order valence-electron chi connectivity index (χ3n) is 2.88. The molecule has 0 saturated heterocycles. The second-order valence-electron chi connectivity index (χ2n) is 4.48. The molecular formula is C11H24N2O2. The van der Waals surface area contributed by atoms with Gasteiger partial charge in [-0.25, -0.2) is 0 Å². The van der Waals surface area contributed by atoms with Crippen LogP contribution in [0.2, 0.25) is 0 Å². The Bertz CT molecular complexity index is 191. The Morgan fingerprint density at radius 2 is 2.13 bits per heavy atom. The van der Waals surface area contributed by atoms with E-state index in [1.807, 2.05) is 13.8 Å². The third-order valence-corrected chi connectivity index (χ3v) is 2.88. The Labute approximate surface area is 92.4 Å². The van der Waals surface area contributed by atoms with Crippen molar-refractivity contribution in [1.82, 2.24) is 10.6 Å². The van der Waals surface area contributed by atoms with E-state index in [2.05, 4.69) is 17.6 Å². The van der Waals surface area contributed by atoms with Crippen LogP contribution in [-0.4, -0.2) is 37.3 Å². The molecule has 3 N–H and O–H groups in total. The van der Waals surface area contributed by atoms with Gasteiger partial charge in [-0.2, -0.15) is 0 Å². The molecule has 0 heterocycles. The number of rotatable bonds is 7. The molecule has 0 aromatic heterocycles. The zero-order valence-electron chi connectivity index (χ0n) is 10.3. The van der Waals surface area contributed by atoms with Crippen LogP contribution in [0, 0.1) is 5.41 Å². The highest BCUT2D eigenvalue weighted by Crippen LogP contribution is 2.18. The monoisotopic (exact) mass is 216 g/mol. The van der Waals surface area contributed by atoms with Gasteiger partial charge in [0, 0.05) is 38.1 Å². The van der Waals surface area contributed by atoms with E-state index in [0.29, 0.717) is 6.42 Å². The van der Waals surface area contributed by atoms with E-state index in [1.54, 1.807) is 7.05 Å².